The minimum absolute atomic E-state index is 0.0409. The molecule has 4 aromatic rings. The normalized spacial score (nSPS) is 10.7. The Morgan fingerprint density at radius 2 is 1.83 bits per heavy atom. The Bertz CT molecular complexity index is 1500. The molecule has 0 aliphatic heterocycles. The molecule has 36 heavy (non-hydrogen) atoms. The SMILES string of the molecule is Cc1ccc(Cn2c(Nc3ccc(Oc4cnccn4)c(C)c3)nc(=O)n(CCC(=O)O)c2=O)cc1. The molecule has 0 aliphatic carbocycles. The lowest BCUT2D eigenvalue weighted by Crippen LogP contribution is -2.43. The van der Waals surface area contributed by atoms with E-state index in [0.29, 0.717) is 17.3 Å². The molecule has 0 atom stereocenters. The number of ether oxygens (including phenoxy) is 1. The van der Waals surface area contributed by atoms with Crippen molar-refractivity contribution in [3.63, 3.8) is 0 Å². The van der Waals surface area contributed by atoms with Gasteiger partial charge in [0.15, 0.2) is 0 Å². The lowest BCUT2D eigenvalue weighted by Gasteiger charge is -2.16. The van der Waals surface area contributed by atoms with E-state index in [9.17, 15) is 14.4 Å². The summed E-state index contributed by atoms with van der Waals surface area (Å²) in [5.74, 6) is -0.165. The topological polar surface area (TPSA) is 141 Å². The van der Waals surface area contributed by atoms with Gasteiger partial charge in [-0.1, -0.05) is 29.8 Å². The van der Waals surface area contributed by atoms with E-state index < -0.39 is 17.3 Å². The summed E-state index contributed by atoms with van der Waals surface area (Å²) in [6.45, 7) is 3.65. The number of benzene rings is 2. The van der Waals surface area contributed by atoms with Gasteiger partial charge in [-0.05, 0) is 43.2 Å². The summed E-state index contributed by atoms with van der Waals surface area (Å²) in [7, 11) is 0. The Balaban J connectivity index is 1.68. The van der Waals surface area contributed by atoms with E-state index in [4.69, 9.17) is 9.84 Å². The average Bonchev–Trinajstić information content (AvgIpc) is 2.85. The van der Waals surface area contributed by atoms with Crippen molar-refractivity contribution >= 4 is 17.6 Å². The zero-order valence-electron chi connectivity index (χ0n) is 19.7. The minimum atomic E-state index is -1.12. The summed E-state index contributed by atoms with van der Waals surface area (Å²) in [6, 6.07) is 12.8. The number of nitrogens with one attached hydrogen (secondary N) is 1. The Labute approximate surface area is 205 Å². The van der Waals surface area contributed by atoms with Crippen molar-refractivity contribution in [2.75, 3.05) is 5.32 Å². The molecular weight excluding hydrogens is 464 g/mol. The maximum Gasteiger partial charge on any atom is 0.354 e. The summed E-state index contributed by atoms with van der Waals surface area (Å²) < 4.78 is 7.90. The third-order valence-corrected chi connectivity index (χ3v) is 5.35. The first-order chi connectivity index (χ1) is 17.3. The molecule has 0 radical (unpaired) electrons. The third-order valence-electron chi connectivity index (χ3n) is 5.35. The van der Waals surface area contributed by atoms with E-state index in [1.54, 1.807) is 24.4 Å². The van der Waals surface area contributed by atoms with Crippen LogP contribution in [0, 0.1) is 13.8 Å². The van der Waals surface area contributed by atoms with Crippen LogP contribution in [0.5, 0.6) is 11.6 Å². The van der Waals surface area contributed by atoms with Crippen molar-refractivity contribution in [1.29, 1.82) is 0 Å². The Hall–Kier alpha value is -4.80. The molecule has 0 amide bonds. The molecule has 0 saturated carbocycles. The van der Waals surface area contributed by atoms with Gasteiger partial charge in [0.2, 0.25) is 11.8 Å². The highest BCUT2D eigenvalue weighted by Gasteiger charge is 2.15. The van der Waals surface area contributed by atoms with Crippen LogP contribution in [0.1, 0.15) is 23.1 Å². The fourth-order valence-corrected chi connectivity index (χ4v) is 3.46. The van der Waals surface area contributed by atoms with Gasteiger partial charge in [-0.15, -0.1) is 0 Å². The van der Waals surface area contributed by atoms with Crippen LogP contribution in [0.3, 0.4) is 0 Å². The second-order valence-corrected chi connectivity index (χ2v) is 8.12. The summed E-state index contributed by atoms with van der Waals surface area (Å²) in [4.78, 5) is 49.0. The highest BCUT2D eigenvalue weighted by atomic mass is 16.5. The number of aliphatic carboxylic acids is 1. The molecule has 2 aromatic carbocycles. The zero-order chi connectivity index (χ0) is 25.7. The van der Waals surface area contributed by atoms with Crippen LogP contribution in [-0.4, -0.2) is 35.2 Å². The standard InChI is InChI=1S/C25H24N6O5/c1-16-3-5-18(6-4-16)15-31-23(29-24(34)30(25(31)35)12-9-22(32)33)28-19-7-8-20(17(2)13-19)36-21-14-26-10-11-27-21/h3-8,10-11,13-14H,9,12,15H2,1-2H3,(H,32,33)(H,28,29,34). The van der Waals surface area contributed by atoms with Crippen molar-refractivity contribution in [1.82, 2.24) is 24.1 Å². The number of nitrogens with zero attached hydrogens (tertiary/aromatic N) is 5. The lowest BCUT2D eigenvalue weighted by atomic mass is 10.1. The van der Waals surface area contributed by atoms with Gasteiger partial charge in [0, 0.05) is 24.6 Å². The molecule has 184 valence electrons. The van der Waals surface area contributed by atoms with E-state index >= 15 is 0 Å². The molecule has 0 saturated heterocycles. The molecule has 11 nitrogen and oxygen atoms in total. The van der Waals surface area contributed by atoms with Gasteiger partial charge in [0.05, 0.1) is 19.2 Å². The number of hydrogen-bond donors (Lipinski definition) is 2. The van der Waals surface area contributed by atoms with E-state index in [0.717, 1.165) is 21.3 Å². The molecule has 2 N–H and O–H groups in total. The number of carboxylic acid groups (broad SMARTS) is 1. The van der Waals surface area contributed by atoms with Crippen LogP contribution in [-0.2, 0) is 17.9 Å². The van der Waals surface area contributed by atoms with Crippen LogP contribution in [0.4, 0.5) is 11.6 Å². The second kappa shape index (κ2) is 10.6. The van der Waals surface area contributed by atoms with E-state index in [1.165, 1.54) is 17.0 Å². The largest absolute Gasteiger partial charge is 0.481 e. The molecular formula is C25H24N6O5. The molecule has 4 rings (SSSR count). The molecule has 0 unspecified atom stereocenters. The van der Waals surface area contributed by atoms with E-state index in [1.807, 2.05) is 38.1 Å². The summed E-state index contributed by atoms with van der Waals surface area (Å²) >= 11 is 0. The van der Waals surface area contributed by atoms with Gasteiger partial charge in [-0.25, -0.2) is 19.1 Å². The highest BCUT2D eigenvalue weighted by Crippen LogP contribution is 2.27. The molecule has 0 fully saturated rings. The van der Waals surface area contributed by atoms with Crippen molar-refractivity contribution in [3.05, 3.63) is 98.7 Å². The Morgan fingerprint density at radius 3 is 2.50 bits per heavy atom. The predicted octanol–water partition coefficient (Wildman–Crippen LogP) is 2.87. The van der Waals surface area contributed by atoms with Crippen LogP contribution >= 0.6 is 0 Å². The number of anilines is 2. The first-order valence-electron chi connectivity index (χ1n) is 11.1. The third kappa shape index (κ3) is 5.81. The Morgan fingerprint density at radius 1 is 1.06 bits per heavy atom. The van der Waals surface area contributed by atoms with Gasteiger partial charge in [0.25, 0.3) is 0 Å². The van der Waals surface area contributed by atoms with Gasteiger partial charge in [-0.3, -0.25) is 14.3 Å². The fourth-order valence-electron chi connectivity index (χ4n) is 3.46. The molecule has 0 aliphatic rings. The van der Waals surface area contributed by atoms with Crippen LogP contribution < -0.4 is 21.4 Å². The van der Waals surface area contributed by atoms with Gasteiger partial charge >= 0.3 is 17.3 Å². The van der Waals surface area contributed by atoms with Crippen LogP contribution in [0.15, 0.2) is 70.6 Å². The predicted molar refractivity (Wildman–Crippen MR) is 132 cm³/mol. The number of aryl methyl sites for hydroxylation is 2. The van der Waals surface area contributed by atoms with Gasteiger partial charge in [0.1, 0.15) is 5.75 Å². The smallest absolute Gasteiger partial charge is 0.354 e. The van der Waals surface area contributed by atoms with Crippen LogP contribution in [0.2, 0.25) is 0 Å². The molecule has 2 aromatic heterocycles. The number of rotatable bonds is 9. The monoisotopic (exact) mass is 488 g/mol. The molecule has 11 heteroatoms. The maximum absolute atomic E-state index is 13.2. The summed E-state index contributed by atoms with van der Waals surface area (Å²) in [6.07, 6.45) is 4.20. The van der Waals surface area contributed by atoms with Crippen molar-refractivity contribution < 1.29 is 14.6 Å². The van der Waals surface area contributed by atoms with E-state index in [2.05, 4.69) is 20.3 Å². The summed E-state index contributed by atoms with van der Waals surface area (Å²) in [5, 5.41) is 12.1. The molecule has 2 heterocycles. The minimum Gasteiger partial charge on any atom is -0.481 e. The molecule has 0 spiro atoms. The average molecular weight is 489 g/mol. The lowest BCUT2D eigenvalue weighted by molar-refractivity contribution is -0.137. The number of carbonyl (C=O) groups is 1. The van der Waals surface area contributed by atoms with E-state index in [-0.39, 0.29) is 25.5 Å². The van der Waals surface area contributed by atoms with Crippen molar-refractivity contribution in [2.24, 2.45) is 0 Å². The first-order valence-corrected chi connectivity index (χ1v) is 11.1. The first kappa shape index (κ1) is 24.3. The number of carboxylic acids is 1. The highest BCUT2D eigenvalue weighted by molar-refractivity contribution is 5.66. The number of aromatic nitrogens is 5. The Kier molecular flexibility index (Phi) is 7.19. The number of hydrogen-bond acceptors (Lipinski definition) is 8. The fraction of sp³-hybridized carbons (Fsp3) is 0.200. The summed E-state index contributed by atoms with van der Waals surface area (Å²) in [5.41, 5.74) is 1.74. The maximum atomic E-state index is 13.2. The zero-order valence-corrected chi connectivity index (χ0v) is 19.7. The van der Waals surface area contributed by atoms with Gasteiger partial charge < -0.3 is 15.2 Å². The second-order valence-electron chi connectivity index (χ2n) is 8.12. The van der Waals surface area contributed by atoms with Gasteiger partial charge in [-0.2, -0.15) is 4.98 Å². The van der Waals surface area contributed by atoms with Crippen molar-refractivity contribution in [2.45, 2.75) is 33.4 Å². The van der Waals surface area contributed by atoms with Crippen molar-refractivity contribution in [3.8, 4) is 11.6 Å². The quantitative estimate of drug-likeness (QED) is 0.364. The van der Waals surface area contributed by atoms with Crippen LogP contribution in [0.25, 0.3) is 0 Å². The molecule has 0 bridgehead atoms.